The van der Waals surface area contributed by atoms with Crippen LogP contribution >= 0.6 is 0 Å². The highest BCUT2D eigenvalue weighted by Crippen LogP contribution is 2.20. The highest BCUT2D eigenvalue weighted by Gasteiger charge is 2.20. The van der Waals surface area contributed by atoms with Crippen LogP contribution in [0.2, 0.25) is 0 Å². The summed E-state index contributed by atoms with van der Waals surface area (Å²) in [6, 6.07) is 8.92. The number of esters is 1. The van der Waals surface area contributed by atoms with Crippen LogP contribution < -0.4 is 9.46 Å². The zero-order valence-electron chi connectivity index (χ0n) is 13.4. The number of aromatic nitrogens is 1. The van der Waals surface area contributed by atoms with Gasteiger partial charge in [-0.05, 0) is 50.2 Å². The van der Waals surface area contributed by atoms with Gasteiger partial charge in [0.05, 0.1) is 18.1 Å². The molecule has 1 aromatic carbocycles. The normalized spacial score (nSPS) is 10.9. The summed E-state index contributed by atoms with van der Waals surface area (Å²) in [6.07, 6.45) is 1.39. The van der Waals surface area contributed by atoms with Crippen molar-refractivity contribution in [2.24, 2.45) is 0 Å². The van der Waals surface area contributed by atoms with E-state index in [9.17, 15) is 13.2 Å². The first kappa shape index (κ1) is 17.7. The first-order valence-electron chi connectivity index (χ1n) is 7.35. The molecule has 0 fully saturated rings. The van der Waals surface area contributed by atoms with Crippen molar-refractivity contribution in [2.75, 3.05) is 17.9 Å². The van der Waals surface area contributed by atoms with E-state index in [1.54, 1.807) is 19.1 Å². The minimum atomic E-state index is -3.89. The van der Waals surface area contributed by atoms with Gasteiger partial charge < -0.3 is 9.47 Å². The Hall–Kier alpha value is -2.61. The molecule has 0 saturated carbocycles. The smallest absolute Gasteiger partial charge is 0.341 e. The molecule has 1 aromatic heterocycles. The van der Waals surface area contributed by atoms with Crippen molar-refractivity contribution in [2.45, 2.75) is 18.7 Å². The van der Waals surface area contributed by atoms with Crippen LogP contribution in [0.25, 0.3) is 0 Å². The molecule has 7 nitrogen and oxygen atoms in total. The van der Waals surface area contributed by atoms with E-state index in [1.807, 2.05) is 6.92 Å². The fourth-order valence-corrected chi connectivity index (χ4v) is 2.96. The van der Waals surface area contributed by atoms with E-state index in [0.29, 0.717) is 12.4 Å². The molecule has 0 spiro atoms. The predicted molar refractivity (Wildman–Crippen MR) is 88.6 cm³/mol. The summed E-state index contributed by atoms with van der Waals surface area (Å²) in [5.74, 6) is -0.152. The van der Waals surface area contributed by atoms with E-state index in [2.05, 4.69) is 9.71 Å². The van der Waals surface area contributed by atoms with E-state index in [0.717, 1.165) is 0 Å². The van der Waals surface area contributed by atoms with Crippen LogP contribution in [0.3, 0.4) is 0 Å². The van der Waals surface area contributed by atoms with Crippen molar-refractivity contribution in [3.63, 3.8) is 0 Å². The molecular formula is C16H18N2O5S. The van der Waals surface area contributed by atoms with E-state index in [1.165, 1.54) is 30.5 Å². The van der Waals surface area contributed by atoms with Gasteiger partial charge in [0.15, 0.2) is 5.82 Å². The lowest BCUT2D eigenvalue weighted by atomic mass is 10.2. The number of nitrogens with zero attached hydrogens (tertiary/aromatic N) is 1. The molecule has 0 aliphatic rings. The average Bonchev–Trinajstić information content (AvgIpc) is 2.56. The maximum absolute atomic E-state index is 12.5. The van der Waals surface area contributed by atoms with Crippen LogP contribution in [0, 0.1) is 0 Å². The Labute approximate surface area is 140 Å². The highest BCUT2D eigenvalue weighted by atomic mass is 32.2. The topological polar surface area (TPSA) is 94.6 Å². The standard InChI is InChI=1S/C16H18N2O5S/c1-3-22-12-7-9-13(10-8-12)24(20,21)18-15-14(6-5-11-17-15)16(19)23-4-2/h5-11H,3-4H2,1-2H3,(H,17,18). The van der Waals surface area contributed by atoms with E-state index in [-0.39, 0.29) is 22.9 Å². The molecule has 0 atom stereocenters. The molecule has 0 aliphatic carbocycles. The number of benzene rings is 1. The van der Waals surface area contributed by atoms with Crippen molar-refractivity contribution in [1.82, 2.24) is 4.98 Å². The Morgan fingerprint density at radius 1 is 1.12 bits per heavy atom. The van der Waals surface area contributed by atoms with Gasteiger partial charge in [0.2, 0.25) is 0 Å². The monoisotopic (exact) mass is 350 g/mol. The van der Waals surface area contributed by atoms with Gasteiger partial charge in [-0.3, -0.25) is 4.72 Å². The van der Waals surface area contributed by atoms with Gasteiger partial charge in [0, 0.05) is 6.20 Å². The quantitative estimate of drug-likeness (QED) is 0.771. The Kier molecular flexibility index (Phi) is 5.75. The molecule has 1 heterocycles. The number of nitrogens with one attached hydrogen (secondary N) is 1. The number of rotatable bonds is 7. The second-order valence-corrected chi connectivity index (χ2v) is 6.31. The van der Waals surface area contributed by atoms with Crippen LogP contribution in [0.5, 0.6) is 5.75 Å². The summed E-state index contributed by atoms with van der Waals surface area (Å²) >= 11 is 0. The number of anilines is 1. The molecule has 0 radical (unpaired) electrons. The fourth-order valence-electron chi connectivity index (χ4n) is 1.93. The van der Waals surface area contributed by atoms with Gasteiger partial charge in [-0.2, -0.15) is 0 Å². The maximum atomic E-state index is 12.5. The van der Waals surface area contributed by atoms with E-state index < -0.39 is 16.0 Å². The number of carbonyl (C=O) groups is 1. The van der Waals surface area contributed by atoms with Gasteiger partial charge in [-0.1, -0.05) is 0 Å². The lowest BCUT2D eigenvalue weighted by Crippen LogP contribution is -2.17. The number of hydrogen-bond donors (Lipinski definition) is 1. The van der Waals surface area contributed by atoms with Gasteiger partial charge in [0.25, 0.3) is 10.0 Å². The minimum Gasteiger partial charge on any atom is -0.494 e. The molecule has 24 heavy (non-hydrogen) atoms. The highest BCUT2D eigenvalue weighted by molar-refractivity contribution is 7.92. The molecular weight excluding hydrogens is 332 g/mol. The number of sulfonamides is 1. The van der Waals surface area contributed by atoms with Crippen LogP contribution in [0.4, 0.5) is 5.82 Å². The van der Waals surface area contributed by atoms with Crippen LogP contribution in [0.1, 0.15) is 24.2 Å². The zero-order valence-corrected chi connectivity index (χ0v) is 14.2. The zero-order chi connectivity index (χ0) is 17.6. The van der Waals surface area contributed by atoms with Gasteiger partial charge >= 0.3 is 5.97 Å². The lowest BCUT2D eigenvalue weighted by molar-refractivity contribution is 0.0527. The first-order chi connectivity index (χ1) is 11.5. The molecule has 2 rings (SSSR count). The number of pyridine rings is 1. The number of hydrogen-bond acceptors (Lipinski definition) is 6. The maximum Gasteiger partial charge on any atom is 0.341 e. The molecule has 0 bridgehead atoms. The molecule has 128 valence electrons. The third-order valence-electron chi connectivity index (χ3n) is 2.98. The third-order valence-corrected chi connectivity index (χ3v) is 4.33. The Bertz CT molecular complexity index is 803. The SMILES string of the molecule is CCOC(=O)c1cccnc1NS(=O)(=O)c1ccc(OCC)cc1. The number of carbonyl (C=O) groups excluding carboxylic acids is 1. The molecule has 0 amide bonds. The summed E-state index contributed by atoms with van der Waals surface area (Å²) in [5.41, 5.74) is 0.0499. The van der Waals surface area contributed by atoms with Crippen molar-refractivity contribution in [3.8, 4) is 5.75 Å². The molecule has 0 unspecified atom stereocenters. The van der Waals surface area contributed by atoms with Crippen LogP contribution in [-0.4, -0.2) is 32.6 Å². The van der Waals surface area contributed by atoms with E-state index >= 15 is 0 Å². The number of ether oxygens (including phenoxy) is 2. The summed E-state index contributed by atoms with van der Waals surface area (Å²) < 4.78 is 37.4. The van der Waals surface area contributed by atoms with Crippen molar-refractivity contribution in [1.29, 1.82) is 0 Å². The summed E-state index contributed by atoms with van der Waals surface area (Å²) in [5, 5.41) is 0. The molecule has 8 heteroatoms. The van der Waals surface area contributed by atoms with Gasteiger partial charge in [-0.15, -0.1) is 0 Å². The summed E-state index contributed by atoms with van der Waals surface area (Å²) in [6.45, 7) is 4.17. The van der Waals surface area contributed by atoms with Gasteiger partial charge in [0.1, 0.15) is 11.3 Å². The van der Waals surface area contributed by atoms with Crippen molar-refractivity contribution in [3.05, 3.63) is 48.2 Å². The molecule has 0 saturated heterocycles. The fraction of sp³-hybridized carbons (Fsp3) is 0.250. The van der Waals surface area contributed by atoms with Crippen molar-refractivity contribution < 1.29 is 22.7 Å². The Morgan fingerprint density at radius 2 is 1.83 bits per heavy atom. The van der Waals surface area contributed by atoms with Gasteiger partial charge in [-0.25, -0.2) is 18.2 Å². The average molecular weight is 350 g/mol. The van der Waals surface area contributed by atoms with E-state index in [4.69, 9.17) is 9.47 Å². The van der Waals surface area contributed by atoms with Crippen LogP contribution in [-0.2, 0) is 14.8 Å². The lowest BCUT2D eigenvalue weighted by Gasteiger charge is -2.11. The van der Waals surface area contributed by atoms with Crippen molar-refractivity contribution >= 4 is 21.8 Å². The minimum absolute atomic E-state index is 0.0337. The second kappa shape index (κ2) is 7.78. The Balaban J connectivity index is 2.28. The largest absolute Gasteiger partial charge is 0.494 e. The Morgan fingerprint density at radius 3 is 2.46 bits per heavy atom. The third kappa shape index (κ3) is 4.23. The molecule has 2 aromatic rings. The molecule has 1 N–H and O–H groups in total. The first-order valence-corrected chi connectivity index (χ1v) is 8.84. The summed E-state index contributed by atoms with van der Waals surface area (Å²) in [7, 11) is -3.89. The summed E-state index contributed by atoms with van der Waals surface area (Å²) in [4.78, 5) is 15.8. The van der Waals surface area contributed by atoms with Crippen LogP contribution in [0.15, 0.2) is 47.5 Å². The predicted octanol–water partition coefficient (Wildman–Crippen LogP) is 2.46. The second-order valence-electron chi connectivity index (χ2n) is 4.63. The molecule has 0 aliphatic heterocycles.